The third-order valence-corrected chi connectivity index (χ3v) is 7.57. The van der Waals surface area contributed by atoms with Crippen LogP contribution in [0, 0.1) is 6.92 Å². The molecule has 0 aliphatic heterocycles. The molecule has 0 radical (unpaired) electrons. The van der Waals surface area contributed by atoms with Crippen molar-refractivity contribution < 1.29 is 17.9 Å². The number of nitrogens with one attached hydrogen (secondary N) is 1. The van der Waals surface area contributed by atoms with Crippen molar-refractivity contribution in [1.82, 2.24) is 19.0 Å². The number of carbonyl (C=O) groups is 1. The molecule has 2 aromatic heterocycles. The number of benzene rings is 2. The highest BCUT2D eigenvalue weighted by Gasteiger charge is 2.19. The van der Waals surface area contributed by atoms with Gasteiger partial charge in [-0.15, -0.1) is 0 Å². The van der Waals surface area contributed by atoms with E-state index in [9.17, 15) is 13.2 Å². The van der Waals surface area contributed by atoms with Gasteiger partial charge in [0.05, 0.1) is 22.2 Å². The van der Waals surface area contributed by atoms with Gasteiger partial charge in [-0.05, 0) is 55.3 Å². The number of carbonyl (C=O) groups excluding carboxylic acids is 1. The maximum absolute atomic E-state index is 13.0. The van der Waals surface area contributed by atoms with Gasteiger partial charge < -0.3 is 14.5 Å². The van der Waals surface area contributed by atoms with E-state index in [1.807, 2.05) is 48.8 Å². The summed E-state index contributed by atoms with van der Waals surface area (Å²) in [6.07, 6.45) is 3.84. The molecule has 1 amide bonds. The largest absolute Gasteiger partial charge is 0.486 e. The zero-order chi connectivity index (χ0) is 25.2. The lowest BCUT2D eigenvalue weighted by Crippen LogP contribution is -2.27. The monoisotopic (exact) mass is 492 g/mol. The van der Waals surface area contributed by atoms with Gasteiger partial charge in [0.2, 0.25) is 10.0 Å². The van der Waals surface area contributed by atoms with E-state index in [0.29, 0.717) is 11.3 Å². The van der Waals surface area contributed by atoms with Crippen molar-refractivity contribution in [1.29, 1.82) is 0 Å². The van der Waals surface area contributed by atoms with Crippen molar-refractivity contribution in [2.45, 2.75) is 31.4 Å². The number of pyridine rings is 1. The summed E-state index contributed by atoms with van der Waals surface area (Å²) in [4.78, 5) is 17.9. The molecule has 1 N–H and O–H groups in total. The molecular formula is C26H28N4O4S. The molecule has 4 aromatic rings. The Kier molecular flexibility index (Phi) is 6.90. The van der Waals surface area contributed by atoms with Crippen LogP contribution in [0.1, 0.15) is 40.1 Å². The van der Waals surface area contributed by atoms with Crippen molar-refractivity contribution in [3.05, 3.63) is 95.4 Å². The lowest BCUT2D eigenvalue weighted by molar-refractivity contribution is 0.0935. The number of nitrogens with zero attached hydrogens (tertiary/aromatic N) is 3. The normalized spacial score (nSPS) is 12.6. The number of aromatic nitrogens is 2. The number of sulfonamides is 1. The maximum Gasteiger partial charge on any atom is 0.255 e. The van der Waals surface area contributed by atoms with Gasteiger partial charge in [0.25, 0.3) is 5.91 Å². The predicted molar refractivity (Wildman–Crippen MR) is 134 cm³/mol. The van der Waals surface area contributed by atoms with Crippen molar-refractivity contribution in [2.24, 2.45) is 0 Å². The maximum atomic E-state index is 13.0. The SMILES string of the molecule is Cc1cccn2cc(COc3ccccc3C(=O)NC(C)c3ccc(S(=O)(=O)N(C)C)cc3)nc12. The second-order valence-electron chi connectivity index (χ2n) is 8.49. The predicted octanol–water partition coefficient (Wildman–Crippen LogP) is 3.96. The highest BCUT2D eigenvalue weighted by molar-refractivity contribution is 7.89. The lowest BCUT2D eigenvalue weighted by Gasteiger charge is -2.17. The van der Waals surface area contributed by atoms with Gasteiger partial charge in [0.15, 0.2) is 0 Å². The molecule has 1 unspecified atom stereocenters. The van der Waals surface area contributed by atoms with Crippen LogP contribution in [-0.4, -0.2) is 42.1 Å². The Bertz CT molecular complexity index is 1460. The van der Waals surface area contributed by atoms with E-state index in [-0.39, 0.29) is 23.5 Å². The minimum absolute atomic E-state index is 0.200. The molecule has 0 fully saturated rings. The average Bonchev–Trinajstić information content (AvgIpc) is 3.27. The lowest BCUT2D eigenvalue weighted by atomic mass is 10.1. The first-order chi connectivity index (χ1) is 16.7. The molecule has 35 heavy (non-hydrogen) atoms. The molecule has 0 bridgehead atoms. The van der Waals surface area contributed by atoms with E-state index >= 15 is 0 Å². The summed E-state index contributed by atoms with van der Waals surface area (Å²) < 4.78 is 33.6. The van der Waals surface area contributed by atoms with Crippen LogP contribution < -0.4 is 10.1 Å². The Morgan fingerprint density at radius 1 is 1.09 bits per heavy atom. The quantitative estimate of drug-likeness (QED) is 0.402. The van der Waals surface area contributed by atoms with Crippen molar-refractivity contribution in [2.75, 3.05) is 14.1 Å². The van der Waals surface area contributed by atoms with Gasteiger partial charge in [-0.25, -0.2) is 17.7 Å². The minimum Gasteiger partial charge on any atom is -0.486 e. The molecule has 1 atom stereocenters. The molecule has 182 valence electrons. The first-order valence-corrected chi connectivity index (χ1v) is 12.6. The van der Waals surface area contributed by atoms with Gasteiger partial charge >= 0.3 is 0 Å². The second kappa shape index (κ2) is 9.89. The molecule has 2 aromatic carbocycles. The van der Waals surface area contributed by atoms with E-state index in [1.165, 1.54) is 14.1 Å². The highest BCUT2D eigenvalue weighted by atomic mass is 32.2. The number of hydrogen-bond donors (Lipinski definition) is 1. The third-order valence-electron chi connectivity index (χ3n) is 5.74. The number of hydrogen-bond acceptors (Lipinski definition) is 5. The summed E-state index contributed by atoms with van der Waals surface area (Å²) >= 11 is 0. The molecule has 0 aliphatic carbocycles. The fourth-order valence-electron chi connectivity index (χ4n) is 3.70. The van der Waals surface area contributed by atoms with Crippen LogP contribution in [0.15, 0.2) is 78.0 Å². The molecular weight excluding hydrogens is 464 g/mol. The number of aryl methyl sites for hydroxylation is 1. The first kappa shape index (κ1) is 24.4. The van der Waals surface area contributed by atoms with Gasteiger partial charge in [-0.2, -0.15) is 0 Å². The fraction of sp³-hybridized carbons (Fsp3) is 0.231. The minimum atomic E-state index is -3.51. The topological polar surface area (TPSA) is 93.0 Å². The number of para-hydroxylation sites is 1. The van der Waals surface area contributed by atoms with E-state index in [1.54, 1.807) is 42.5 Å². The van der Waals surface area contributed by atoms with E-state index in [2.05, 4.69) is 10.3 Å². The van der Waals surface area contributed by atoms with E-state index in [0.717, 1.165) is 26.8 Å². The van der Waals surface area contributed by atoms with Crippen molar-refractivity contribution >= 4 is 21.6 Å². The summed E-state index contributed by atoms with van der Waals surface area (Å²) in [7, 11) is -0.533. The summed E-state index contributed by atoms with van der Waals surface area (Å²) in [5.74, 6) is 0.169. The summed E-state index contributed by atoms with van der Waals surface area (Å²) in [5.41, 5.74) is 3.89. The van der Waals surface area contributed by atoms with Gasteiger partial charge in [0.1, 0.15) is 18.0 Å². The summed E-state index contributed by atoms with van der Waals surface area (Å²) in [6, 6.07) is 17.2. The van der Waals surface area contributed by atoms with Crippen LogP contribution in [0.2, 0.25) is 0 Å². The van der Waals surface area contributed by atoms with Crippen LogP contribution in [0.4, 0.5) is 0 Å². The number of fused-ring (bicyclic) bond motifs is 1. The van der Waals surface area contributed by atoms with Gasteiger partial charge in [-0.1, -0.05) is 30.3 Å². The summed E-state index contributed by atoms with van der Waals surface area (Å²) in [6.45, 7) is 4.07. The van der Waals surface area contributed by atoms with E-state index in [4.69, 9.17) is 4.74 Å². The standard InChI is InChI=1S/C26H28N4O4S/c1-18-8-7-15-30-16-21(28-25(18)30)17-34-24-10-6-5-9-23(24)26(31)27-19(2)20-11-13-22(14-12-20)35(32,33)29(3)4/h5-16,19H,17H2,1-4H3,(H,27,31). The molecule has 2 heterocycles. The van der Waals surface area contributed by atoms with Crippen LogP contribution in [0.3, 0.4) is 0 Å². The summed E-state index contributed by atoms with van der Waals surface area (Å²) in [5, 5.41) is 2.96. The smallest absolute Gasteiger partial charge is 0.255 e. The Morgan fingerprint density at radius 3 is 2.49 bits per heavy atom. The van der Waals surface area contributed by atoms with Gasteiger partial charge in [0, 0.05) is 26.5 Å². The van der Waals surface area contributed by atoms with Crippen molar-refractivity contribution in [3.8, 4) is 5.75 Å². The van der Waals surface area contributed by atoms with Crippen LogP contribution >= 0.6 is 0 Å². The molecule has 4 rings (SSSR count). The number of ether oxygens (including phenoxy) is 1. The van der Waals surface area contributed by atoms with Crippen LogP contribution in [0.5, 0.6) is 5.75 Å². The molecule has 0 aliphatic rings. The fourth-order valence-corrected chi connectivity index (χ4v) is 4.60. The first-order valence-electron chi connectivity index (χ1n) is 11.1. The zero-order valence-electron chi connectivity index (χ0n) is 20.1. The van der Waals surface area contributed by atoms with Crippen LogP contribution in [0.25, 0.3) is 5.65 Å². The molecule has 8 nitrogen and oxygen atoms in total. The van der Waals surface area contributed by atoms with Gasteiger partial charge in [-0.3, -0.25) is 4.79 Å². The molecule has 0 saturated heterocycles. The Balaban J connectivity index is 1.46. The Labute approximate surface area is 205 Å². The number of amides is 1. The number of imidazole rings is 1. The number of rotatable bonds is 8. The highest BCUT2D eigenvalue weighted by Crippen LogP contribution is 2.22. The Morgan fingerprint density at radius 2 is 1.80 bits per heavy atom. The van der Waals surface area contributed by atoms with Crippen LogP contribution in [-0.2, 0) is 16.6 Å². The molecule has 0 saturated carbocycles. The Hall–Kier alpha value is -3.69. The third kappa shape index (κ3) is 5.21. The molecule has 0 spiro atoms. The van der Waals surface area contributed by atoms with E-state index < -0.39 is 10.0 Å². The molecule has 9 heteroatoms. The zero-order valence-corrected chi connectivity index (χ0v) is 20.9. The van der Waals surface area contributed by atoms with Crippen molar-refractivity contribution in [3.63, 3.8) is 0 Å². The second-order valence-corrected chi connectivity index (χ2v) is 10.6. The average molecular weight is 493 g/mol.